The molecule has 0 saturated heterocycles. The van der Waals surface area contributed by atoms with Crippen molar-refractivity contribution in [2.45, 2.75) is 18.7 Å². The van der Waals surface area contributed by atoms with Gasteiger partial charge in [-0.3, -0.25) is 0 Å². The SMILES string of the molecule is COC(=O)COC(C)(C(=O)O)C(F)(F)F. The summed E-state index contributed by atoms with van der Waals surface area (Å²) in [5.74, 6) is -3.31. The van der Waals surface area contributed by atoms with Crippen molar-refractivity contribution in [3.63, 3.8) is 0 Å². The molecule has 0 aromatic carbocycles. The second kappa shape index (κ2) is 4.47. The zero-order chi connectivity index (χ0) is 12.3. The van der Waals surface area contributed by atoms with Gasteiger partial charge in [-0.1, -0.05) is 0 Å². The summed E-state index contributed by atoms with van der Waals surface area (Å²) in [4.78, 5) is 20.9. The highest BCUT2D eigenvalue weighted by Gasteiger charge is 2.59. The van der Waals surface area contributed by atoms with Crippen LogP contribution in [0.4, 0.5) is 13.2 Å². The Kier molecular flexibility index (Phi) is 4.08. The lowest BCUT2D eigenvalue weighted by Gasteiger charge is -2.26. The normalized spacial score (nSPS) is 15.5. The van der Waals surface area contributed by atoms with Crippen molar-refractivity contribution in [3.05, 3.63) is 0 Å². The Morgan fingerprint density at radius 2 is 1.80 bits per heavy atom. The fourth-order valence-corrected chi connectivity index (χ4v) is 0.527. The lowest BCUT2D eigenvalue weighted by atomic mass is 10.1. The highest BCUT2D eigenvalue weighted by atomic mass is 19.4. The van der Waals surface area contributed by atoms with E-state index in [9.17, 15) is 22.8 Å². The Bertz CT molecular complexity index is 262. The van der Waals surface area contributed by atoms with Gasteiger partial charge < -0.3 is 14.6 Å². The van der Waals surface area contributed by atoms with E-state index in [1.54, 1.807) is 0 Å². The maximum atomic E-state index is 12.3. The topological polar surface area (TPSA) is 72.8 Å². The van der Waals surface area contributed by atoms with Crippen LogP contribution in [0, 0.1) is 0 Å². The molecule has 8 heteroatoms. The summed E-state index contributed by atoms with van der Waals surface area (Å²) in [7, 11) is 0.942. The van der Waals surface area contributed by atoms with Gasteiger partial charge in [-0.05, 0) is 6.92 Å². The van der Waals surface area contributed by atoms with Gasteiger partial charge in [0.05, 0.1) is 7.11 Å². The Morgan fingerprint density at radius 3 is 2.07 bits per heavy atom. The van der Waals surface area contributed by atoms with Crippen molar-refractivity contribution in [2.24, 2.45) is 0 Å². The molecule has 0 bridgehead atoms. The molecule has 5 nitrogen and oxygen atoms in total. The summed E-state index contributed by atoms with van der Waals surface area (Å²) in [6, 6.07) is 0. The van der Waals surface area contributed by atoms with E-state index in [2.05, 4.69) is 9.47 Å². The minimum atomic E-state index is -5.12. The third-order valence-electron chi connectivity index (χ3n) is 1.66. The molecule has 1 atom stereocenters. The Balaban J connectivity index is 4.69. The third-order valence-corrected chi connectivity index (χ3v) is 1.66. The number of halogens is 3. The van der Waals surface area contributed by atoms with E-state index in [1.165, 1.54) is 0 Å². The maximum Gasteiger partial charge on any atom is 0.428 e. The number of carbonyl (C=O) groups excluding carboxylic acids is 1. The molecule has 0 aliphatic heterocycles. The molecular weight excluding hydrogens is 221 g/mol. The van der Waals surface area contributed by atoms with E-state index in [-0.39, 0.29) is 0 Å². The zero-order valence-electron chi connectivity index (χ0n) is 7.92. The molecule has 0 aromatic heterocycles. The molecule has 0 radical (unpaired) electrons. The number of rotatable bonds is 4. The minimum absolute atomic E-state index is 0.318. The minimum Gasteiger partial charge on any atom is -0.479 e. The first-order valence-corrected chi connectivity index (χ1v) is 3.66. The summed E-state index contributed by atoms with van der Waals surface area (Å²) in [5.41, 5.74) is -3.42. The molecule has 0 saturated carbocycles. The molecule has 15 heavy (non-hydrogen) atoms. The van der Waals surface area contributed by atoms with Gasteiger partial charge in [0.2, 0.25) is 0 Å². The molecular formula is C7H9F3O5. The number of carboxylic acid groups (broad SMARTS) is 1. The highest BCUT2D eigenvalue weighted by molar-refractivity contribution is 5.79. The van der Waals surface area contributed by atoms with Gasteiger partial charge in [0.15, 0.2) is 0 Å². The molecule has 0 heterocycles. The van der Waals surface area contributed by atoms with Crippen molar-refractivity contribution in [1.29, 1.82) is 0 Å². The van der Waals surface area contributed by atoms with E-state index in [4.69, 9.17) is 5.11 Å². The average Bonchev–Trinajstić information content (AvgIpc) is 2.11. The number of esters is 1. The standard InChI is InChI=1S/C7H9F3O5/c1-6(5(12)13,7(8,9)10)15-3-4(11)14-2/h3H2,1-2H3,(H,12,13). The van der Waals surface area contributed by atoms with Crippen LogP contribution >= 0.6 is 0 Å². The molecule has 0 aliphatic rings. The average molecular weight is 230 g/mol. The molecule has 0 fully saturated rings. The Morgan fingerprint density at radius 1 is 1.33 bits per heavy atom. The first-order valence-electron chi connectivity index (χ1n) is 3.66. The number of ether oxygens (including phenoxy) is 2. The van der Waals surface area contributed by atoms with Gasteiger partial charge in [-0.15, -0.1) is 0 Å². The number of hydrogen-bond donors (Lipinski definition) is 1. The van der Waals surface area contributed by atoms with Crippen molar-refractivity contribution in [2.75, 3.05) is 13.7 Å². The summed E-state index contributed by atoms with van der Waals surface area (Å²) >= 11 is 0. The molecule has 0 aromatic rings. The van der Waals surface area contributed by atoms with E-state index < -0.39 is 30.3 Å². The van der Waals surface area contributed by atoms with Gasteiger partial charge in [0.25, 0.3) is 5.60 Å². The number of hydrogen-bond acceptors (Lipinski definition) is 4. The zero-order valence-corrected chi connectivity index (χ0v) is 7.92. The first kappa shape index (κ1) is 13.7. The van der Waals surface area contributed by atoms with E-state index in [0.717, 1.165) is 7.11 Å². The molecule has 0 amide bonds. The fourth-order valence-electron chi connectivity index (χ4n) is 0.527. The van der Waals surface area contributed by atoms with Crippen molar-refractivity contribution >= 4 is 11.9 Å². The van der Waals surface area contributed by atoms with Crippen LogP contribution in [-0.2, 0) is 19.1 Å². The van der Waals surface area contributed by atoms with Crippen LogP contribution in [0.15, 0.2) is 0 Å². The van der Waals surface area contributed by atoms with E-state index in [1.807, 2.05) is 0 Å². The molecule has 1 N–H and O–H groups in total. The summed E-state index contributed by atoms with van der Waals surface area (Å²) < 4.78 is 44.8. The smallest absolute Gasteiger partial charge is 0.428 e. The second-order valence-electron chi connectivity index (χ2n) is 2.70. The quantitative estimate of drug-likeness (QED) is 0.715. The lowest BCUT2D eigenvalue weighted by Crippen LogP contribution is -2.52. The number of carbonyl (C=O) groups is 2. The van der Waals surface area contributed by atoms with Gasteiger partial charge in [0, 0.05) is 0 Å². The van der Waals surface area contributed by atoms with Crippen LogP contribution in [0.2, 0.25) is 0 Å². The van der Waals surface area contributed by atoms with Crippen LogP contribution in [0.3, 0.4) is 0 Å². The van der Waals surface area contributed by atoms with Gasteiger partial charge in [0.1, 0.15) is 6.61 Å². The maximum absolute atomic E-state index is 12.3. The van der Waals surface area contributed by atoms with E-state index >= 15 is 0 Å². The first-order chi connectivity index (χ1) is 6.65. The summed E-state index contributed by atoms with van der Waals surface area (Å²) in [6.45, 7) is -0.767. The van der Waals surface area contributed by atoms with Crippen molar-refractivity contribution in [3.8, 4) is 0 Å². The Hall–Kier alpha value is -1.31. The van der Waals surface area contributed by atoms with Gasteiger partial charge >= 0.3 is 18.1 Å². The molecule has 88 valence electrons. The predicted molar refractivity (Wildman–Crippen MR) is 40.1 cm³/mol. The molecule has 0 spiro atoms. The lowest BCUT2D eigenvalue weighted by molar-refractivity contribution is -0.268. The van der Waals surface area contributed by atoms with Crippen LogP contribution in [0.1, 0.15) is 6.92 Å². The van der Waals surface area contributed by atoms with Gasteiger partial charge in [-0.25, -0.2) is 9.59 Å². The number of carboxylic acids is 1. The highest BCUT2D eigenvalue weighted by Crippen LogP contribution is 2.33. The predicted octanol–water partition coefficient (Wildman–Crippen LogP) is 0.582. The molecule has 0 aliphatic carbocycles. The van der Waals surface area contributed by atoms with Gasteiger partial charge in [-0.2, -0.15) is 13.2 Å². The molecule has 1 unspecified atom stereocenters. The number of aliphatic carboxylic acids is 1. The molecule has 0 rings (SSSR count). The fraction of sp³-hybridized carbons (Fsp3) is 0.714. The van der Waals surface area contributed by atoms with E-state index in [0.29, 0.717) is 6.92 Å². The van der Waals surface area contributed by atoms with Crippen LogP contribution in [0.25, 0.3) is 0 Å². The van der Waals surface area contributed by atoms with Crippen LogP contribution in [0.5, 0.6) is 0 Å². The second-order valence-corrected chi connectivity index (χ2v) is 2.70. The van der Waals surface area contributed by atoms with Crippen LogP contribution in [-0.4, -0.2) is 42.5 Å². The largest absolute Gasteiger partial charge is 0.479 e. The number of methoxy groups -OCH3 is 1. The Labute approximate surface area is 82.8 Å². The van der Waals surface area contributed by atoms with Crippen molar-refractivity contribution in [1.82, 2.24) is 0 Å². The number of alkyl halides is 3. The van der Waals surface area contributed by atoms with Crippen LogP contribution < -0.4 is 0 Å². The van der Waals surface area contributed by atoms with Crippen molar-refractivity contribution < 1.29 is 37.3 Å². The summed E-state index contributed by atoms with van der Waals surface area (Å²) in [5, 5.41) is 8.36. The third kappa shape index (κ3) is 3.08. The monoisotopic (exact) mass is 230 g/mol. The summed E-state index contributed by atoms with van der Waals surface area (Å²) in [6.07, 6.45) is -5.12.